The molecule has 1 fully saturated rings. The van der Waals surface area contributed by atoms with Crippen LogP contribution in [0, 0.1) is 12.7 Å². The van der Waals surface area contributed by atoms with Gasteiger partial charge in [0.05, 0.1) is 17.1 Å². The van der Waals surface area contributed by atoms with Gasteiger partial charge in [-0.05, 0) is 57.2 Å². The second-order valence-corrected chi connectivity index (χ2v) is 8.42. The average molecular weight is 441 g/mol. The number of carbonyl (C=O) groups is 2. The van der Waals surface area contributed by atoms with Crippen LogP contribution in [0.25, 0.3) is 0 Å². The van der Waals surface area contributed by atoms with E-state index in [-0.39, 0.29) is 23.3 Å². The van der Waals surface area contributed by atoms with E-state index in [0.717, 1.165) is 50.8 Å². The number of nitrogens with zero attached hydrogens (tertiary/aromatic N) is 1. The Balaban J connectivity index is 1.39. The van der Waals surface area contributed by atoms with E-state index in [4.69, 9.17) is 5.73 Å². The highest BCUT2D eigenvalue weighted by atomic mass is 19.1. The molecule has 1 heterocycles. The summed E-state index contributed by atoms with van der Waals surface area (Å²) in [7, 11) is 0. The SMILES string of the molecule is Cc1ccc(C(=O)NCCCCCC(=O)Nc2cc(N3CCCCC3)c(F)cc2N)cc1. The molecule has 0 aliphatic carbocycles. The van der Waals surface area contributed by atoms with Crippen LogP contribution in [0.5, 0.6) is 0 Å². The van der Waals surface area contributed by atoms with Crippen LogP contribution in [0.3, 0.4) is 0 Å². The lowest BCUT2D eigenvalue weighted by Crippen LogP contribution is -2.30. The van der Waals surface area contributed by atoms with Crippen molar-refractivity contribution in [1.82, 2.24) is 5.32 Å². The first kappa shape index (κ1) is 23.6. The topological polar surface area (TPSA) is 87.5 Å². The number of anilines is 3. The third-order valence-electron chi connectivity index (χ3n) is 5.77. The Labute approximate surface area is 189 Å². The molecule has 2 aromatic rings. The van der Waals surface area contributed by atoms with E-state index in [0.29, 0.717) is 36.3 Å². The summed E-state index contributed by atoms with van der Waals surface area (Å²) in [6.07, 6.45) is 5.90. The second-order valence-electron chi connectivity index (χ2n) is 8.42. The number of rotatable bonds is 9. The lowest BCUT2D eigenvalue weighted by atomic mass is 10.1. The number of unbranched alkanes of at least 4 members (excludes halogenated alkanes) is 2. The van der Waals surface area contributed by atoms with E-state index in [1.54, 1.807) is 6.07 Å². The molecular weight excluding hydrogens is 407 g/mol. The van der Waals surface area contributed by atoms with Gasteiger partial charge in [-0.3, -0.25) is 9.59 Å². The Morgan fingerprint density at radius 3 is 2.47 bits per heavy atom. The third kappa shape index (κ3) is 6.70. The highest BCUT2D eigenvalue weighted by Crippen LogP contribution is 2.31. The zero-order valence-corrected chi connectivity index (χ0v) is 18.8. The van der Waals surface area contributed by atoms with E-state index in [2.05, 4.69) is 10.6 Å². The van der Waals surface area contributed by atoms with Crippen molar-refractivity contribution in [2.75, 3.05) is 35.6 Å². The maximum atomic E-state index is 14.4. The molecule has 0 radical (unpaired) electrons. The highest BCUT2D eigenvalue weighted by molar-refractivity contribution is 5.95. The highest BCUT2D eigenvalue weighted by Gasteiger charge is 2.17. The quantitative estimate of drug-likeness (QED) is 0.392. The molecule has 1 saturated heterocycles. The molecule has 1 aliphatic heterocycles. The number of aryl methyl sites for hydroxylation is 1. The predicted octanol–water partition coefficient (Wildman–Crippen LogP) is 4.64. The van der Waals surface area contributed by atoms with Crippen molar-refractivity contribution in [3.05, 3.63) is 53.3 Å². The van der Waals surface area contributed by atoms with Gasteiger partial charge in [-0.2, -0.15) is 0 Å². The van der Waals surface area contributed by atoms with E-state index >= 15 is 0 Å². The minimum absolute atomic E-state index is 0.0842. The molecule has 3 rings (SSSR count). The molecule has 0 atom stereocenters. The summed E-state index contributed by atoms with van der Waals surface area (Å²) in [6, 6.07) is 10.4. The molecule has 2 amide bonds. The monoisotopic (exact) mass is 440 g/mol. The Hall–Kier alpha value is -3.09. The van der Waals surface area contributed by atoms with Crippen LogP contribution in [0.15, 0.2) is 36.4 Å². The van der Waals surface area contributed by atoms with Crippen LogP contribution in [0.1, 0.15) is 60.9 Å². The Bertz CT molecular complexity index is 924. The first-order valence-electron chi connectivity index (χ1n) is 11.4. The van der Waals surface area contributed by atoms with Crippen molar-refractivity contribution in [2.45, 2.75) is 51.9 Å². The first-order chi connectivity index (χ1) is 15.4. The summed E-state index contributed by atoms with van der Waals surface area (Å²) in [6.45, 7) is 4.18. The summed E-state index contributed by atoms with van der Waals surface area (Å²) in [5.41, 5.74) is 8.89. The number of carbonyl (C=O) groups excluding carboxylic acids is 2. The van der Waals surface area contributed by atoms with Crippen LogP contribution in [-0.4, -0.2) is 31.4 Å². The normalized spacial score (nSPS) is 13.6. The lowest BCUT2D eigenvalue weighted by molar-refractivity contribution is -0.116. The largest absolute Gasteiger partial charge is 0.397 e. The summed E-state index contributed by atoms with van der Waals surface area (Å²) in [4.78, 5) is 26.4. The number of hydrogen-bond acceptors (Lipinski definition) is 4. The number of benzene rings is 2. The van der Waals surface area contributed by atoms with E-state index in [9.17, 15) is 14.0 Å². The van der Waals surface area contributed by atoms with Crippen molar-refractivity contribution in [3.63, 3.8) is 0 Å². The van der Waals surface area contributed by atoms with Crippen LogP contribution < -0.4 is 21.3 Å². The number of amides is 2. The molecule has 4 N–H and O–H groups in total. The summed E-state index contributed by atoms with van der Waals surface area (Å²) < 4.78 is 14.4. The zero-order valence-electron chi connectivity index (χ0n) is 18.8. The standard InChI is InChI=1S/C25H33FN4O2/c1-18-9-11-19(12-10-18)25(32)28-13-5-2-4-8-24(31)29-22-17-23(20(26)16-21(22)27)30-14-6-3-7-15-30/h9-12,16-17H,2-8,13-15,27H2,1H3,(H,28,32)(H,29,31). The van der Waals surface area contributed by atoms with Crippen LogP contribution in [0.2, 0.25) is 0 Å². The smallest absolute Gasteiger partial charge is 0.251 e. The van der Waals surface area contributed by atoms with E-state index in [1.165, 1.54) is 6.07 Å². The Kier molecular flexibility index (Phi) is 8.48. The summed E-state index contributed by atoms with van der Waals surface area (Å²) in [5, 5.41) is 5.73. The molecule has 32 heavy (non-hydrogen) atoms. The molecule has 172 valence electrons. The van der Waals surface area contributed by atoms with E-state index < -0.39 is 0 Å². The number of nitrogens with two attached hydrogens (primary N) is 1. The van der Waals surface area contributed by atoms with Crippen molar-refractivity contribution in [2.24, 2.45) is 0 Å². The molecule has 1 aliphatic rings. The van der Waals surface area contributed by atoms with Gasteiger partial charge in [-0.15, -0.1) is 0 Å². The van der Waals surface area contributed by atoms with Gasteiger partial charge in [0.2, 0.25) is 5.91 Å². The van der Waals surface area contributed by atoms with Gasteiger partial charge >= 0.3 is 0 Å². The lowest BCUT2D eigenvalue weighted by Gasteiger charge is -2.29. The fourth-order valence-corrected chi connectivity index (χ4v) is 3.87. The minimum atomic E-state index is -0.352. The maximum absolute atomic E-state index is 14.4. The number of nitrogens with one attached hydrogen (secondary N) is 2. The van der Waals surface area contributed by atoms with Crippen molar-refractivity contribution in [1.29, 1.82) is 0 Å². The van der Waals surface area contributed by atoms with Gasteiger partial charge in [0.15, 0.2) is 0 Å². The minimum Gasteiger partial charge on any atom is -0.397 e. The molecular formula is C25H33FN4O2. The Morgan fingerprint density at radius 1 is 1.03 bits per heavy atom. The third-order valence-corrected chi connectivity index (χ3v) is 5.77. The molecule has 2 aromatic carbocycles. The molecule has 0 saturated carbocycles. The van der Waals surface area contributed by atoms with Crippen molar-refractivity contribution >= 4 is 28.9 Å². The molecule has 0 spiro atoms. The van der Waals surface area contributed by atoms with Crippen LogP contribution >= 0.6 is 0 Å². The number of nitrogen functional groups attached to an aromatic ring is 1. The van der Waals surface area contributed by atoms with Crippen molar-refractivity contribution in [3.8, 4) is 0 Å². The molecule has 0 unspecified atom stereocenters. The second kappa shape index (κ2) is 11.5. The van der Waals surface area contributed by atoms with Crippen LogP contribution in [0.4, 0.5) is 21.5 Å². The molecule has 6 nitrogen and oxygen atoms in total. The average Bonchev–Trinajstić information content (AvgIpc) is 2.79. The Morgan fingerprint density at radius 2 is 1.75 bits per heavy atom. The molecule has 0 aromatic heterocycles. The summed E-state index contributed by atoms with van der Waals surface area (Å²) in [5.74, 6) is -0.578. The fourth-order valence-electron chi connectivity index (χ4n) is 3.87. The van der Waals surface area contributed by atoms with Gasteiger partial charge < -0.3 is 21.3 Å². The number of halogens is 1. The molecule has 7 heteroatoms. The number of piperidine rings is 1. The van der Waals surface area contributed by atoms with Gasteiger partial charge in [0.1, 0.15) is 5.82 Å². The molecule has 0 bridgehead atoms. The fraction of sp³-hybridized carbons (Fsp3) is 0.440. The zero-order chi connectivity index (χ0) is 22.9. The van der Waals surface area contributed by atoms with Crippen molar-refractivity contribution < 1.29 is 14.0 Å². The maximum Gasteiger partial charge on any atom is 0.251 e. The predicted molar refractivity (Wildman–Crippen MR) is 127 cm³/mol. The van der Waals surface area contributed by atoms with Gasteiger partial charge in [0.25, 0.3) is 5.91 Å². The van der Waals surface area contributed by atoms with Gasteiger partial charge in [-0.25, -0.2) is 4.39 Å². The van der Waals surface area contributed by atoms with Crippen LogP contribution in [-0.2, 0) is 4.79 Å². The first-order valence-corrected chi connectivity index (χ1v) is 11.4. The summed E-state index contributed by atoms with van der Waals surface area (Å²) >= 11 is 0. The number of hydrogen-bond donors (Lipinski definition) is 3. The van der Waals surface area contributed by atoms with Gasteiger partial charge in [0, 0.05) is 37.7 Å². The van der Waals surface area contributed by atoms with Gasteiger partial charge in [-0.1, -0.05) is 24.1 Å². The van der Waals surface area contributed by atoms with E-state index in [1.807, 2.05) is 36.1 Å².